The number of rotatable bonds is 7. The number of amides is 1. The molecule has 1 unspecified atom stereocenters. The lowest BCUT2D eigenvalue weighted by Crippen LogP contribution is -2.25. The molecule has 0 aliphatic heterocycles. The van der Waals surface area contributed by atoms with Gasteiger partial charge in [-0.15, -0.1) is 0 Å². The van der Waals surface area contributed by atoms with Crippen LogP contribution < -0.4 is 5.32 Å². The highest BCUT2D eigenvalue weighted by Crippen LogP contribution is 2.28. The Morgan fingerprint density at radius 1 is 0.971 bits per heavy atom. The first-order valence-corrected chi connectivity index (χ1v) is 12.2. The smallest absolute Gasteiger partial charge is 0.251 e. The minimum atomic E-state index is -1.18. The van der Waals surface area contributed by atoms with Gasteiger partial charge in [0.1, 0.15) is 16.8 Å². The van der Waals surface area contributed by atoms with E-state index in [1.54, 1.807) is 36.6 Å². The summed E-state index contributed by atoms with van der Waals surface area (Å²) in [6.07, 6.45) is 0.612. The van der Waals surface area contributed by atoms with Gasteiger partial charge in [0, 0.05) is 23.2 Å². The molecule has 4 aromatic rings. The number of H-pyrrole nitrogens is 1. The Morgan fingerprint density at radius 3 is 2.21 bits per heavy atom. The Labute approximate surface area is 201 Å². The number of halogens is 1. The summed E-state index contributed by atoms with van der Waals surface area (Å²) in [5.74, 6) is -0.414. The minimum Gasteiger partial charge on any atom is -0.356 e. The molecule has 1 atom stereocenters. The molecule has 0 spiro atoms. The number of carbonyl (C=O) groups excluding carboxylic acids is 1. The van der Waals surface area contributed by atoms with Crippen LogP contribution in [0.2, 0.25) is 0 Å². The molecule has 0 saturated heterocycles. The van der Waals surface area contributed by atoms with E-state index in [4.69, 9.17) is 0 Å². The number of aryl methyl sites for hydroxylation is 2. The van der Waals surface area contributed by atoms with Crippen molar-refractivity contribution < 1.29 is 13.4 Å². The molecule has 0 radical (unpaired) electrons. The van der Waals surface area contributed by atoms with Crippen LogP contribution >= 0.6 is 0 Å². The van der Waals surface area contributed by atoms with Gasteiger partial charge in [-0.3, -0.25) is 4.79 Å². The molecule has 34 heavy (non-hydrogen) atoms. The molecule has 0 aliphatic carbocycles. The third kappa shape index (κ3) is 4.81. The maximum atomic E-state index is 14.2. The summed E-state index contributed by atoms with van der Waals surface area (Å²) < 4.78 is 28.0. The zero-order valence-corrected chi connectivity index (χ0v) is 20.6. The van der Waals surface area contributed by atoms with Gasteiger partial charge in [0.2, 0.25) is 0 Å². The fourth-order valence-electron chi connectivity index (χ4n) is 4.15. The zero-order chi connectivity index (χ0) is 24.4. The van der Waals surface area contributed by atoms with Gasteiger partial charge in [-0.2, -0.15) is 0 Å². The van der Waals surface area contributed by atoms with Crippen molar-refractivity contribution in [2.45, 2.75) is 25.2 Å². The van der Waals surface area contributed by atoms with Crippen LogP contribution in [0, 0.1) is 19.7 Å². The van der Waals surface area contributed by atoms with Gasteiger partial charge >= 0.3 is 0 Å². The van der Waals surface area contributed by atoms with Crippen LogP contribution in [0.25, 0.3) is 22.0 Å². The topological polar surface area (TPSA) is 65.2 Å². The van der Waals surface area contributed by atoms with Crippen LogP contribution in [0.3, 0.4) is 0 Å². The van der Waals surface area contributed by atoms with Crippen LogP contribution in [0.5, 0.6) is 0 Å². The number of fused-ring (bicyclic) bond motifs is 1. The number of nitrogens with one attached hydrogen (secondary N) is 2. The van der Waals surface area contributed by atoms with Gasteiger partial charge in [0.25, 0.3) is 5.91 Å². The van der Waals surface area contributed by atoms with Crippen molar-refractivity contribution >= 4 is 27.8 Å². The normalized spacial score (nSPS) is 12.3. The molecular weight excluding hydrogens is 449 g/mol. The summed E-state index contributed by atoms with van der Waals surface area (Å²) in [6.45, 7) is 4.35. The molecule has 2 N–H and O–H groups in total. The lowest BCUT2D eigenvalue weighted by Gasteiger charge is -2.10. The lowest BCUT2D eigenvalue weighted by molar-refractivity contribution is 0.0954. The van der Waals surface area contributed by atoms with Gasteiger partial charge in [-0.1, -0.05) is 30.3 Å². The van der Waals surface area contributed by atoms with E-state index in [1.165, 1.54) is 6.07 Å². The molecule has 4 rings (SSSR count). The van der Waals surface area contributed by atoms with Crippen LogP contribution in [-0.2, 0) is 17.4 Å². The molecule has 1 amide bonds. The predicted molar refractivity (Wildman–Crippen MR) is 136 cm³/mol. The summed E-state index contributed by atoms with van der Waals surface area (Å²) in [7, 11) is 2.37. The van der Waals surface area contributed by atoms with E-state index < -0.39 is 11.0 Å². The molecule has 7 heteroatoms. The standard InChI is InChI=1S/C27H28FN3O2S/c1-17-5-14-24(28)26-25(17)23(18(2)30-26)15-16-29-27(32)21-8-6-19(7-9-21)20-10-12-22(13-11-20)34(33)31(3)4/h5-14,30H,15-16H2,1-4H3,(H,29,32). The Balaban J connectivity index is 1.40. The number of aromatic nitrogens is 1. The molecule has 5 nitrogen and oxygen atoms in total. The number of aromatic amines is 1. The zero-order valence-electron chi connectivity index (χ0n) is 19.7. The molecule has 0 saturated carbocycles. The van der Waals surface area contributed by atoms with Crippen molar-refractivity contribution in [2.75, 3.05) is 20.6 Å². The average Bonchev–Trinajstić information content (AvgIpc) is 3.18. The second-order valence-corrected chi connectivity index (χ2v) is 10.2. The maximum absolute atomic E-state index is 14.2. The Kier molecular flexibility index (Phi) is 6.95. The molecule has 0 aliphatic rings. The first-order chi connectivity index (χ1) is 16.3. The Morgan fingerprint density at radius 2 is 1.59 bits per heavy atom. The van der Waals surface area contributed by atoms with Crippen LogP contribution in [-0.4, -0.2) is 40.0 Å². The highest BCUT2D eigenvalue weighted by molar-refractivity contribution is 7.82. The monoisotopic (exact) mass is 477 g/mol. The van der Waals surface area contributed by atoms with Gasteiger partial charge in [0.15, 0.2) is 0 Å². The molecule has 3 aromatic carbocycles. The summed E-state index contributed by atoms with van der Waals surface area (Å²) in [4.78, 5) is 16.5. The SMILES string of the molecule is Cc1[nH]c2c(F)ccc(C)c2c1CCNC(=O)c1ccc(-c2ccc(S(=O)N(C)C)cc2)cc1. The van der Waals surface area contributed by atoms with E-state index in [-0.39, 0.29) is 11.7 Å². The maximum Gasteiger partial charge on any atom is 0.251 e. The highest BCUT2D eigenvalue weighted by Gasteiger charge is 2.14. The third-order valence-corrected chi connectivity index (χ3v) is 7.30. The molecule has 1 aromatic heterocycles. The number of carbonyl (C=O) groups is 1. The predicted octanol–water partition coefficient (Wildman–Crippen LogP) is 5.15. The van der Waals surface area contributed by atoms with Crippen LogP contribution in [0.1, 0.15) is 27.2 Å². The van der Waals surface area contributed by atoms with Gasteiger partial charge in [-0.25, -0.2) is 12.9 Å². The van der Waals surface area contributed by atoms with E-state index in [9.17, 15) is 13.4 Å². The Bertz CT molecular complexity index is 1360. The Hall–Kier alpha value is -3.29. The van der Waals surface area contributed by atoms with E-state index in [1.807, 2.05) is 50.2 Å². The lowest BCUT2D eigenvalue weighted by atomic mass is 10.0. The quantitative estimate of drug-likeness (QED) is 0.387. The van der Waals surface area contributed by atoms with Crippen molar-refractivity contribution in [3.05, 3.63) is 88.9 Å². The summed E-state index contributed by atoms with van der Waals surface area (Å²) in [5, 5.41) is 3.87. The highest BCUT2D eigenvalue weighted by atomic mass is 32.2. The first-order valence-electron chi connectivity index (χ1n) is 11.1. The number of benzene rings is 3. The van der Waals surface area contributed by atoms with E-state index in [0.29, 0.717) is 24.0 Å². The van der Waals surface area contributed by atoms with Gasteiger partial charge < -0.3 is 10.3 Å². The van der Waals surface area contributed by atoms with Crippen LogP contribution in [0.4, 0.5) is 4.39 Å². The summed E-state index contributed by atoms with van der Waals surface area (Å²) in [6, 6.07) is 18.2. The second kappa shape index (κ2) is 9.91. The molecule has 0 fully saturated rings. The summed E-state index contributed by atoms with van der Waals surface area (Å²) in [5.41, 5.74) is 6.03. The third-order valence-electron chi connectivity index (χ3n) is 5.96. The van der Waals surface area contributed by atoms with Crippen molar-refractivity contribution in [3.8, 4) is 11.1 Å². The molecular formula is C27H28FN3O2S. The first kappa shape index (κ1) is 23.9. The van der Waals surface area contributed by atoms with E-state index in [0.717, 1.165) is 38.2 Å². The molecule has 176 valence electrons. The largest absolute Gasteiger partial charge is 0.356 e. The van der Waals surface area contributed by atoms with Gasteiger partial charge in [-0.05, 0) is 86.9 Å². The van der Waals surface area contributed by atoms with Crippen LogP contribution in [0.15, 0.2) is 65.6 Å². The van der Waals surface area contributed by atoms with Gasteiger partial charge in [0.05, 0.1) is 10.4 Å². The van der Waals surface area contributed by atoms with Crippen molar-refractivity contribution in [1.29, 1.82) is 0 Å². The fraction of sp³-hybridized carbons (Fsp3) is 0.222. The summed E-state index contributed by atoms with van der Waals surface area (Å²) >= 11 is 0. The molecule has 0 bridgehead atoms. The average molecular weight is 478 g/mol. The molecule has 1 heterocycles. The van der Waals surface area contributed by atoms with Crippen molar-refractivity contribution in [1.82, 2.24) is 14.6 Å². The minimum absolute atomic E-state index is 0.149. The number of hydrogen-bond acceptors (Lipinski definition) is 2. The van der Waals surface area contributed by atoms with Crippen molar-refractivity contribution in [2.24, 2.45) is 0 Å². The van der Waals surface area contributed by atoms with E-state index in [2.05, 4.69) is 10.3 Å². The van der Waals surface area contributed by atoms with Crippen molar-refractivity contribution in [3.63, 3.8) is 0 Å². The fourth-order valence-corrected chi connectivity index (χ4v) is 4.94. The van der Waals surface area contributed by atoms with E-state index >= 15 is 0 Å². The second-order valence-electron chi connectivity index (χ2n) is 8.51. The number of nitrogens with zero attached hydrogens (tertiary/aromatic N) is 1. The number of hydrogen-bond donors (Lipinski definition) is 2.